The zero-order chi connectivity index (χ0) is 11.5. The summed E-state index contributed by atoms with van der Waals surface area (Å²) in [6.45, 7) is 3.91. The normalized spacial score (nSPS) is 28.0. The smallest absolute Gasteiger partial charge is 0.221 e. The maximum atomic E-state index is 11.7. The summed E-state index contributed by atoms with van der Waals surface area (Å²) in [5.74, 6) is 0.178. The summed E-state index contributed by atoms with van der Waals surface area (Å²) < 4.78 is 0. The van der Waals surface area contributed by atoms with Gasteiger partial charge < -0.3 is 11.1 Å². The fourth-order valence-corrected chi connectivity index (χ4v) is 2.56. The van der Waals surface area contributed by atoms with Gasteiger partial charge in [-0.3, -0.25) is 9.69 Å². The average molecular weight is 225 g/mol. The fraction of sp³-hybridized carbons (Fsp3) is 0.917. The van der Waals surface area contributed by atoms with E-state index >= 15 is 0 Å². The van der Waals surface area contributed by atoms with Gasteiger partial charge in [-0.15, -0.1) is 0 Å². The van der Waals surface area contributed by atoms with E-state index in [1.807, 2.05) is 0 Å². The third kappa shape index (κ3) is 2.95. The zero-order valence-corrected chi connectivity index (χ0v) is 10.1. The van der Waals surface area contributed by atoms with Gasteiger partial charge >= 0.3 is 0 Å². The Morgan fingerprint density at radius 1 is 1.50 bits per heavy atom. The summed E-state index contributed by atoms with van der Waals surface area (Å²) in [6.07, 6.45) is 5.35. The van der Waals surface area contributed by atoms with E-state index < -0.39 is 0 Å². The molecule has 1 amide bonds. The van der Waals surface area contributed by atoms with E-state index in [-0.39, 0.29) is 11.9 Å². The van der Waals surface area contributed by atoms with E-state index in [0.717, 1.165) is 19.4 Å². The Balaban J connectivity index is 1.81. The van der Waals surface area contributed by atoms with Crippen molar-refractivity contribution in [3.05, 3.63) is 0 Å². The van der Waals surface area contributed by atoms with Gasteiger partial charge in [-0.2, -0.15) is 0 Å². The highest BCUT2D eigenvalue weighted by molar-refractivity contribution is 5.77. The molecule has 0 aromatic heterocycles. The molecule has 1 saturated carbocycles. The number of likely N-dealkylation sites (tertiary alicyclic amines) is 1. The van der Waals surface area contributed by atoms with E-state index in [2.05, 4.69) is 17.1 Å². The van der Waals surface area contributed by atoms with Gasteiger partial charge in [-0.25, -0.2) is 0 Å². The maximum absolute atomic E-state index is 11.7. The van der Waals surface area contributed by atoms with Gasteiger partial charge in [0, 0.05) is 31.1 Å². The van der Waals surface area contributed by atoms with Crippen molar-refractivity contribution in [2.24, 2.45) is 5.73 Å². The van der Waals surface area contributed by atoms with Crippen LogP contribution in [0.2, 0.25) is 0 Å². The van der Waals surface area contributed by atoms with Crippen LogP contribution in [0.5, 0.6) is 0 Å². The van der Waals surface area contributed by atoms with Crippen LogP contribution < -0.4 is 11.1 Å². The number of rotatable bonds is 5. The van der Waals surface area contributed by atoms with Crippen molar-refractivity contribution in [2.75, 3.05) is 13.1 Å². The van der Waals surface area contributed by atoms with Crippen LogP contribution in [0.3, 0.4) is 0 Å². The first-order valence-corrected chi connectivity index (χ1v) is 6.46. The summed E-state index contributed by atoms with van der Waals surface area (Å²) in [4.78, 5) is 14.1. The number of nitrogens with two attached hydrogens (primary N) is 1. The molecule has 1 saturated heterocycles. The molecule has 3 N–H and O–H groups in total. The Morgan fingerprint density at radius 2 is 2.25 bits per heavy atom. The minimum Gasteiger partial charge on any atom is -0.353 e. The first-order valence-electron chi connectivity index (χ1n) is 6.46. The molecular formula is C12H23N3O. The molecule has 2 unspecified atom stereocenters. The SMILES string of the molecule is CC1CCCN1C(CN)CC(=O)NC1CC1. The van der Waals surface area contributed by atoms with Crippen LogP contribution in [0.15, 0.2) is 0 Å². The predicted molar refractivity (Wildman–Crippen MR) is 64.0 cm³/mol. The number of hydrogen-bond donors (Lipinski definition) is 2. The standard InChI is InChI=1S/C12H23N3O/c1-9-3-2-6-15(9)11(8-13)7-12(16)14-10-4-5-10/h9-11H,2-8,13H2,1H3,(H,14,16). The van der Waals surface area contributed by atoms with Crippen molar-refractivity contribution >= 4 is 5.91 Å². The Kier molecular flexibility index (Phi) is 3.82. The topological polar surface area (TPSA) is 58.4 Å². The molecule has 0 spiro atoms. The second-order valence-electron chi connectivity index (χ2n) is 5.16. The lowest BCUT2D eigenvalue weighted by Gasteiger charge is -2.30. The lowest BCUT2D eigenvalue weighted by molar-refractivity contribution is -0.122. The molecule has 0 radical (unpaired) electrons. The molecule has 16 heavy (non-hydrogen) atoms. The van der Waals surface area contributed by atoms with Gasteiger partial charge in [0.25, 0.3) is 0 Å². The number of nitrogens with zero attached hydrogens (tertiary/aromatic N) is 1. The zero-order valence-electron chi connectivity index (χ0n) is 10.1. The Morgan fingerprint density at radius 3 is 2.75 bits per heavy atom. The van der Waals surface area contributed by atoms with Gasteiger partial charge in [0.1, 0.15) is 0 Å². The molecule has 0 aromatic carbocycles. The molecule has 1 heterocycles. The van der Waals surface area contributed by atoms with Crippen LogP contribution in [-0.4, -0.2) is 42.0 Å². The Hall–Kier alpha value is -0.610. The summed E-state index contributed by atoms with van der Waals surface area (Å²) in [5, 5.41) is 3.04. The Labute approximate surface area is 97.6 Å². The van der Waals surface area contributed by atoms with Crippen LogP contribution in [0.25, 0.3) is 0 Å². The molecule has 4 heteroatoms. The molecular weight excluding hydrogens is 202 g/mol. The minimum absolute atomic E-state index is 0.178. The number of amides is 1. The molecule has 0 bridgehead atoms. The molecule has 1 aliphatic carbocycles. The largest absolute Gasteiger partial charge is 0.353 e. The second-order valence-corrected chi connectivity index (χ2v) is 5.16. The van der Waals surface area contributed by atoms with Crippen LogP contribution in [0.1, 0.15) is 39.0 Å². The van der Waals surface area contributed by atoms with Crippen LogP contribution in [0, 0.1) is 0 Å². The predicted octanol–water partition coefficient (Wildman–Crippen LogP) is 0.467. The van der Waals surface area contributed by atoms with Gasteiger partial charge in [0.05, 0.1) is 0 Å². The van der Waals surface area contributed by atoms with Crippen LogP contribution in [0.4, 0.5) is 0 Å². The summed E-state index contributed by atoms with van der Waals surface area (Å²) >= 11 is 0. The van der Waals surface area contributed by atoms with Gasteiger partial charge in [0.15, 0.2) is 0 Å². The molecule has 2 aliphatic rings. The van der Waals surface area contributed by atoms with Crippen molar-refractivity contribution in [1.82, 2.24) is 10.2 Å². The average Bonchev–Trinajstić information content (AvgIpc) is 2.96. The quantitative estimate of drug-likeness (QED) is 0.715. The van der Waals surface area contributed by atoms with Crippen molar-refractivity contribution in [3.63, 3.8) is 0 Å². The first kappa shape index (κ1) is 11.9. The van der Waals surface area contributed by atoms with Crippen LogP contribution in [-0.2, 0) is 4.79 Å². The van der Waals surface area contributed by atoms with Crippen molar-refractivity contribution in [1.29, 1.82) is 0 Å². The lowest BCUT2D eigenvalue weighted by atomic mass is 10.1. The summed E-state index contributed by atoms with van der Waals surface area (Å²) in [5.41, 5.74) is 5.79. The van der Waals surface area contributed by atoms with Crippen molar-refractivity contribution in [2.45, 2.75) is 57.2 Å². The number of carbonyl (C=O) groups excluding carboxylic acids is 1. The van der Waals surface area contributed by atoms with Gasteiger partial charge in [-0.1, -0.05) is 0 Å². The van der Waals surface area contributed by atoms with Crippen LogP contribution >= 0.6 is 0 Å². The first-order chi connectivity index (χ1) is 7.70. The Bertz CT molecular complexity index is 253. The van der Waals surface area contributed by atoms with Gasteiger partial charge in [0.2, 0.25) is 5.91 Å². The van der Waals surface area contributed by atoms with Gasteiger partial charge in [-0.05, 0) is 39.2 Å². The molecule has 92 valence electrons. The monoisotopic (exact) mass is 225 g/mol. The number of hydrogen-bond acceptors (Lipinski definition) is 3. The molecule has 2 fully saturated rings. The maximum Gasteiger partial charge on any atom is 0.221 e. The molecule has 2 atom stereocenters. The van der Waals surface area contributed by atoms with E-state index in [0.29, 0.717) is 25.0 Å². The minimum atomic E-state index is 0.178. The molecule has 1 aliphatic heterocycles. The van der Waals surface area contributed by atoms with E-state index in [1.54, 1.807) is 0 Å². The van der Waals surface area contributed by atoms with Crippen molar-refractivity contribution < 1.29 is 4.79 Å². The lowest BCUT2D eigenvalue weighted by Crippen LogP contribution is -2.45. The van der Waals surface area contributed by atoms with E-state index in [1.165, 1.54) is 12.8 Å². The third-order valence-corrected chi connectivity index (χ3v) is 3.71. The summed E-state index contributed by atoms with van der Waals surface area (Å²) in [6, 6.07) is 1.28. The molecule has 0 aromatic rings. The second kappa shape index (κ2) is 5.15. The van der Waals surface area contributed by atoms with E-state index in [4.69, 9.17) is 5.73 Å². The fourth-order valence-electron chi connectivity index (χ4n) is 2.56. The number of nitrogens with one attached hydrogen (secondary N) is 1. The van der Waals surface area contributed by atoms with E-state index in [9.17, 15) is 4.79 Å². The number of carbonyl (C=O) groups is 1. The van der Waals surface area contributed by atoms with Crippen molar-refractivity contribution in [3.8, 4) is 0 Å². The highest BCUT2D eigenvalue weighted by Crippen LogP contribution is 2.22. The molecule has 4 nitrogen and oxygen atoms in total. The highest BCUT2D eigenvalue weighted by Gasteiger charge is 2.30. The highest BCUT2D eigenvalue weighted by atomic mass is 16.1. The summed E-state index contributed by atoms with van der Waals surface area (Å²) in [7, 11) is 0. The molecule has 2 rings (SSSR count). The third-order valence-electron chi connectivity index (χ3n) is 3.71.